The Morgan fingerprint density at radius 3 is 2.52 bits per heavy atom. The molecule has 1 N–H and O–H groups in total. The van der Waals surface area contributed by atoms with Crippen molar-refractivity contribution in [3.63, 3.8) is 0 Å². The number of nitrogens with one attached hydrogen (secondary N) is 1. The number of rotatable bonds is 12. The van der Waals surface area contributed by atoms with Crippen molar-refractivity contribution in [2.24, 2.45) is 0 Å². The van der Waals surface area contributed by atoms with E-state index in [1.807, 2.05) is 56.3 Å². The van der Waals surface area contributed by atoms with Crippen molar-refractivity contribution in [1.82, 2.24) is 5.32 Å². The summed E-state index contributed by atoms with van der Waals surface area (Å²) in [5.41, 5.74) is 0.529. The van der Waals surface area contributed by atoms with Crippen molar-refractivity contribution in [3.05, 3.63) is 78.3 Å². The molecular weight excluding hydrogens is 394 g/mol. The summed E-state index contributed by atoms with van der Waals surface area (Å²) in [4.78, 5) is 12.7. The molecule has 0 spiro atoms. The second kappa shape index (κ2) is 11.7. The lowest BCUT2D eigenvalue weighted by Gasteiger charge is -2.16. The first-order chi connectivity index (χ1) is 15.2. The van der Waals surface area contributed by atoms with Crippen LogP contribution in [0, 0.1) is 0 Å². The van der Waals surface area contributed by atoms with Gasteiger partial charge in [-0.1, -0.05) is 18.2 Å². The molecule has 0 bridgehead atoms. The summed E-state index contributed by atoms with van der Waals surface area (Å²) >= 11 is 0. The summed E-state index contributed by atoms with van der Waals surface area (Å²) in [6, 6.07) is 18.6. The zero-order valence-electron chi connectivity index (χ0n) is 18.0. The second-order valence-electron chi connectivity index (χ2n) is 7.10. The van der Waals surface area contributed by atoms with E-state index >= 15 is 0 Å². The Bertz CT molecular complexity index is 924. The summed E-state index contributed by atoms with van der Waals surface area (Å²) < 4.78 is 22.5. The molecule has 31 heavy (non-hydrogen) atoms. The van der Waals surface area contributed by atoms with Gasteiger partial charge in [-0.2, -0.15) is 0 Å². The lowest BCUT2D eigenvalue weighted by atomic mass is 10.1. The van der Waals surface area contributed by atoms with Gasteiger partial charge in [0.25, 0.3) is 5.91 Å². The van der Waals surface area contributed by atoms with E-state index in [-0.39, 0.29) is 11.9 Å². The highest BCUT2D eigenvalue weighted by Crippen LogP contribution is 2.28. The average molecular weight is 424 g/mol. The third kappa shape index (κ3) is 7.10. The van der Waals surface area contributed by atoms with Crippen LogP contribution < -0.4 is 19.5 Å². The van der Waals surface area contributed by atoms with Gasteiger partial charge in [-0.3, -0.25) is 4.79 Å². The standard InChI is InChI=1S/C25H29NO5/c1-3-28-24-18-20(25(27)26-19(2)11-13-22-10-7-15-29-22)12-14-23(24)31-17-16-30-21-8-5-4-6-9-21/h4-10,12,14-15,18-19H,3,11,13,16-17H2,1-2H3,(H,26,27). The fraction of sp³-hybridized carbons (Fsp3) is 0.320. The van der Waals surface area contributed by atoms with Crippen LogP contribution in [0.4, 0.5) is 0 Å². The third-order valence-electron chi connectivity index (χ3n) is 4.64. The molecule has 3 rings (SSSR count). The second-order valence-corrected chi connectivity index (χ2v) is 7.10. The largest absolute Gasteiger partial charge is 0.490 e. The lowest BCUT2D eigenvalue weighted by Crippen LogP contribution is -2.32. The third-order valence-corrected chi connectivity index (χ3v) is 4.64. The number of amides is 1. The predicted molar refractivity (Wildman–Crippen MR) is 119 cm³/mol. The molecule has 6 heteroatoms. The SMILES string of the molecule is CCOc1cc(C(=O)NC(C)CCc2ccco2)ccc1OCCOc1ccccc1. The van der Waals surface area contributed by atoms with E-state index in [1.54, 1.807) is 24.5 Å². The summed E-state index contributed by atoms with van der Waals surface area (Å²) in [5.74, 6) is 2.69. The Labute approximate surface area is 183 Å². The first-order valence-electron chi connectivity index (χ1n) is 10.6. The Balaban J connectivity index is 1.52. The maximum atomic E-state index is 12.7. The average Bonchev–Trinajstić information content (AvgIpc) is 3.31. The molecule has 0 aliphatic carbocycles. The molecule has 1 unspecified atom stereocenters. The van der Waals surface area contributed by atoms with Crippen LogP contribution >= 0.6 is 0 Å². The normalized spacial score (nSPS) is 11.5. The van der Waals surface area contributed by atoms with Gasteiger partial charge in [0.2, 0.25) is 0 Å². The molecule has 1 atom stereocenters. The van der Waals surface area contributed by atoms with Crippen molar-refractivity contribution in [2.45, 2.75) is 32.7 Å². The summed E-state index contributed by atoms with van der Waals surface area (Å²) in [7, 11) is 0. The van der Waals surface area contributed by atoms with Gasteiger partial charge in [0, 0.05) is 18.0 Å². The highest BCUT2D eigenvalue weighted by atomic mass is 16.5. The molecule has 0 aliphatic rings. The fourth-order valence-corrected chi connectivity index (χ4v) is 3.06. The maximum absolute atomic E-state index is 12.7. The Kier molecular flexibility index (Phi) is 8.40. The smallest absolute Gasteiger partial charge is 0.251 e. The molecule has 6 nitrogen and oxygen atoms in total. The van der Waals surface area contributed by atoms with Crippen LogP contribution in [0.2, 0.25) is 0 Å². The molecule has 1 aromatic heterocycles. The number of carbonyl (C=O) groups is 1. The van der Waals surface area contributed by atoms with Gasteiger partial charge in [-0.25, -0.2) is 0 Å². The molecule has 164 valence electrons. The fourth-order valence-electron chi connectivity index (χ4n) is 3.06. The van der Waals surface area contributed by atoms with Gasteiger partial charge in [0.15, 0.2) is 11.5 Å². The number of hydrogen-bond acceptors (Lipinski definition) is 5. The van der Waals surface area contributed by atoms with E-state index in [9.17, 15) is 4.79 Å². The number of para-hydroxylation sites is 1. The molecule has 0 saturated heterocycles. The monoisotopic (exact) mass is 423 g/mol. The van der Waals surface area contributed by atoms with Gasteiger partial charge in [-0.15, -0.1) is 0 Å². The molecule has 1 amide bonds. The van der Waals surface area contributed by atoms with Crippen LogP contribution in [0.5, 0.6) is 17.2 Å². The van der Waals surface area contributed by atoms with Crippen LogP contribution in [0.25, 0.3) is 0 Å². The quantitative estimate of drug-likeness (QED) is 0.420. The molecule has 0 aliphatic heterocycles. The highest BCUT2D eigenvalue weighted by molar-refractivity contribution is 5.95. The van der Waals surface area contributed by atoms with Crippen molar-refractivity contribution < 1.29 is 23.4 Å². The van der Waals surface area contributed by atoms with Crippen LogP contribution in [-0.2, 0) is 6.42 Å². The Morgan fingerprint density at radius 2 is 1.77 bits per heavy atom. The zero-order chi connectivity index (χ0) is 21.9. The van der Waals surface area contributed by atoms with Gasteiger partial charge in [0.05, 0.1) is 12.9 Å². The topological polar surface area (TPSA) is 69.9 Å². The van der Waals surface area contributed by atoms with Crippen LogP contribution in [0.1, 0.15) is 36.4 Å². The van der Waals surface area contributed by atoms with Crippen molar-refractivity contribution in [2.75, 3.05) is 19.8 Å². The Hall–Kier alpha value is -3.41. The minimum Gasteiger partial charge on any atom is -0.490 e. The number of furan rings is 1. The number of benzene rings is 2. The van der Waals surface area contributed by atoms with Crippen molar-refractivity contribution in [1.29, 1.82) is 0 Å². The van der Waals surface area contributed by atoms with Crippen molar-refractivity contribution in [3.8, 4) is 17.2 Å². The number of hydrogen-bond donors (Lipinski definition) is 1. The van der Waals surface area contributed by atoms with Gasteiger partial charge >= 0.3 is 0 Å². The molecule has 2 aromatic carbocycles. The van der Waals surface area contributed by atoms with Crippen LogP contribution in [-0.4, -0.2) is 31.8 Å². The van der Waals surface area contributed by atoms with E-state index < -0.39 is 0 Å². The maximum Gasteiger partial charge on any atom is 0.251 e. The van der Waals surface area contributed by atoms with Crippen LogP contribution in [0.3, 0.4) is 0 Å². The molecule has 1 heterocycles. The minimum absolute atomic E-state index is 0.0132. The molecule has 0 fully saturated rings. The van der Waals surface area contributed by atoms with E-state index in [2.05, 4.69) is 5.32 Å². The summed E-state index contributed by atoms with van der Waals surface area (Å²) in [5, 5.41) is 3.02. The summed E-state index contributed by atoms with van der Waals surface area (Å²) in [6.07, 6.45) is 3.22. The van der Waals surface area contributed by atoms with Gasteiger partial charge in [-0.05, 0) is 62.7 Å². The number of carbonyl (C=O) groups excluding carboxylic acids is 1. The first kappa shape index (κ1) is 22.3. The van der Waals surface area contributed by atoms with Gasteiger partial charge in [0.1, 0.15) is 24.7 Å². The van der Waals surface area contributed by atoms with Crippen LogP contribution in [0.15, 0.2) is 71.3 Å². The van der Waals surface area contributed by atoms with E-state index in [4.69, 9.17) is 18.6 Å². The molecule has 0 radical (unpaired) electrons. The van der Waals surface area contributed by atoms with Crippen molar-refractivity contribution >= 4 is 5.91 Å². The molecule has 0 saturated carbocycles. The minimum atomic E-state index is -0.146. The highest BCUT2D eigenvalue weighted by Gasteiger charge is 2.14. The lowest BCUT2D eigenvalue weighted by molar-refractivity contribution is 0.0937. The zero-order valence-corrected chi connectivity index (χ0v) is 18.0. The van der Waals surface area contributed by atoms with E-state index in [1.165, 1.54) is 0 Å². The Morgan fingerprint density at radius 1 is 0.968 bits per heavy atom. The van der Waals surface area contributed by atoms with E-state index in [0.29, 0.717) is 36.9 Å². The number of ether oxygens (including phenoxy) is 3. The predicted octanol–water partition coefficient (Wildman–Crippen LogP) is 4.89. The summed E-state index contributed by atoms with van der Waals surface area (Å²) in [6.45, 7) is 5.12. The van der Waals surface area contributed by atoms with E-state index in [0.717, 1.165) is 24.4 Å². The molecule has 3 aromatic rings. The molecular formula is C25H29NO5. The first-order valence-corrected chi connectivity index (χ1v) is 10.6. The van der Waals surface area contributed by atoms with Gasteiger partial charge < -0.3 is 23.9 Å². The number of aryl methyl sites for hydroxylation is 1.